The van der Waals surface area contributed by atoms with E-state index in [0.29, 0.717) is 13.2 Å². The minimum Gasteiger partial charge on any atom is -0.349 e. The number of halogens is 1. The van der Waals surface area contributed by atoms with Gasteiger partial charge in [-0.05, 0) is 40.2 Å². The molecule has 1 N–H and O–H groups in total. The fourth-order valence-electron chi connectivity index (χ4n) is 2.69. The summed E-state index contributed by atoms with van der Waals surface area (Å²) >= 11 is 4.85. The Kier molecular flexibility index (Phi) is 3.93. The Morgan fingerprint density at radius 3 is 2.63 bits per heavy atom. The number of carbonyl (C=O) groups excluding carboxylic acids is 1. The van der Waals surface area contributed by atoms with Crippen molar-refractivity contribution in [3.63, 3.8) is 0 Å². The molecule has 6 heteroatoms. The summed E-state index contributed by atoms with van der Waals surface area (Å²) in [6.45, 7) is 1.39. The molecule has 1 saturated carbocycles. The normalized spacial score (nSPS) is 22.8. The molecule has 1 aliphatic heterocycles. The lowest BCUT2D eigenvalue weighted by atomic mass is 9.90. The van der Waals surface area contributed by atoms with E-state index in [1.165, 1.54) is 11.3 Å². The van der Waals surface area contributed by atoms with Gasteiger partial charge in [-0.15, -0.1) is 11.3 Å². The highest BCUT2D eigenvalue weighted by Gasteiger charge is 2.40. The zero-order chi connectivity index (χ0) is 13.3. The number of amides is 1. The summed E-state index contributed by atoms with van der Waals surface area (Å²) in [6, 6.07) is 2.12. The van der Waals surface area contributed by atoms with Gasteiger partial charge in [-0.3, -0.25) is 4.79 Å². The monoisotopic (exact) mass is 345 g/mol. The molecule has 2 fully saturated rings. The van der Waals surface area contributed by atoms with Crippen molar-refractivity contribution >= 4 is 33.2 Å². The van der Waals surface area contributed by atoms with E-state index in [-0.39, 0.29) is 17.7 Å². The van der Waals surface area contributed by atoms with Crippen LogP contribution in [-0.4, -0.2) is 30.9 Å². The topological polar surface area (TPSA) is 47.6 Å². The molecule has 4 nitrogen and oxygen atoms in total. The second-order valence-corrected chi connectivity index (χ2v) is 6.72. The minimum absolute atomic E-state index is 0.0103. The van der Waals surface area contributed by atoms with Crippen molar-refractivity contribution in [2.45, 2.75) is 37.5 Å². The van der Waals surface area contributed by atoms with E-state index in [2.05, 4.69) is 21.2 Å². The van der Waals surface area contributed by atoms with Crippen molar-refractivity contribution in [3.05, 3.63) is 20.8 Å². The maximum atomic E-state index is 12.1. The number of carbonyl (C=O) groups is 1. The highest BCUT2D eigenvalue weighted by molar-refractivity contribution is 9.10. The number of ether oxygens (including phenoxy) is 2. The van der Waals surface area contributed by atoms with Crippen molar-refractivity contribution in [1.29, 1.82) is 0 Å². The van der Waals surface area contributed by atoms with Gasteiger partial charge in [-0.25, -0.2) is 0 Å². The highest BCUT2D eigenvalue weighted by Crippen LogP contribution is 2.36. The third-order valence-electron chi connectivity index (χ3n) is 3.72. The predicted octanol–water partition coefficient (Wildman–Crippen LogP) is 2.93. The van der Waals surface area contributed by atoms with E-state index >= 15 is 0 Å². The Bertz CT molecular complexity index is 460. The summed E-state index contributed by atoms with van der Waals surface area (Å²) in [7, 11) is 0. The van der Waals surface area contributed by atoms with E-state index < -0.39 is 0 Å². The quantitative estimate of drug-likeness (QED) is 0.896. The van der Waals surface area contributed by atoms with E-state index in [1.54, 1.807) is 0 Å². The fraction of sp³-hybridized carbons (Fsp3) is 0.615. The molecule has 0 bridgehead atoms. The van der Waals surface area contributed by atoms with Crippen LogP contribution in [0.4, 0.5) is 0 Å². The summed E-state index contributed by atoms with van der Waals surface area (Å²) in [4.78, 5) is 12.9. The Balaban J connectivity index is 1.55. The molecule has 1 saturated heterocycles. The number of thiophene rings is 1. The highest BCUT2D eigenvalue weighted by atomic mass is 79.9. The summed E-state index contributed by atoms with van der Waals surface area (Å²) in [6.07, 6.45) is 3.55. The molecule has 1 aromatic rings. The third kappa shape index (κ3) is 2.86. The van der Waals surface area contributed by atoms with E-state index in [4.69, 9.17) is 9.47 Å². The maximum Gasteiger partial charge on any atom is 0.262 e. The molecule has 1 aliphatic carbocycles. The molecular formula is C13H16BrNO3S. The third-order valence-corrected chi connectivity index (χ3v) is 5.56. The van der Waals surface area contributed by atoms with E-state index in [0.717, 1.165) is 35.0 Å². The smallest absolute Gasteiger partial charge is 0.262 e. The predicted molar refractivity (Wildman–Crippen MR) is 76.4 cm³/mol. The van der Waals surface area contributed by atoms with Crippen molar-refractivity contribution < 1.29 is 14.3 Å². The Hall–Kier alpha value is -0.430. The van der Waals surface area contributed by atoms with Gasteiger partial charge in [0.25, 0.3) is 5.91 Å². The number of hydrogen-bond donors (Lipinski definition) is 1. The van der Waals surface area contributed by atoms with Crippen LogP contribution in [0.1, 0.15) is 35.4 Å². The van der Waals surface area contributed by atoms with Crippen molar-refractivity contribution in [2.24, 2.45) is 0 Å². The lowest BCUT2D eigenvalue weighted by molar-refractivity contribution is -0.179. The molecule has 104 valence electrons. The first kappa shape index (κ1) is 13.5. The lowest BCUT2D eigenvalue weighted by Crippen LogP contribution is -2.43. The van der Waals surface area contributed by atoms with Gasteiger partial charge < -0.3 is 14.8 Å². The molecule has 0 unspecified atom stereocenters. The van der Waals surface area contributed by atoms with Gasteiger partial charge in [0.15, 0.2) is 5.79 Å². The first-order valence-electron chi connectivity index (χ1n) is 6.50. The number of hydrogen-bond acceptors (Lipinski definition) is 4. The zero-order valence-electron chi connectivity index (χ0n) is 10.5. The molecule has 1 amide bonds. The average Bonchev–Trinajstić information content (AvgIpc) is 3.02. The molecular weight excluding hydrogens is 330 g/mol. The van der Waals surface area contributed by atoms with Gasteiger partial charge in [-0.1, -0.05) is 0 Å². The molecule has 1 spiro atoms. The first-order valence-corrected chi connectivity index (χ1v) is 8.18. The van der Waals surface area contributed by atoms with Crippen LogP contribution in [-0.2, 0) is 9.47 Å². The molecule has 0 atom stereocenters. The van der Waals surface area contributed by atoms with E-state index in [9.17, 15) is 4.79 Å². The second kappa shape index (κ2) is 5.52. The Labute approximate surface area is 124 Å². The lowest BCUT2D eigenvalue weighted by Gasteiger charge is -2.35. The number of nitrogens with one attached hydrogen (secondary N) is 1. The molecule has 0 aromatic carbocycles. The summed E-state index contributed by atoms with van der Waals surface area (Å²) in [5.74, 6) is -0.346. The fourth-order valence-corrected chi connectivity index (χ4v) is 4.15. The average molecular weight is 346 g/mol. The van der Waals surface area contributed by atoms with Gasteiger partial charge in [-0.2, -0.15) is 0 Å². The van der Waals surface area contributed by atoms with Crippen molar-refractivity contribution in [2.75, 3.05) is 13.2 Å². The standard InChI is InChI=1S/C13H16BrNO3S/c14-10-3-8-19-11(10)12(16)15-9-1-4-13(5-2-9)17-6-7-18-13/h3,8-9H,1-2,4-7H2,(H,15,16). The summed E-state index contributed by atoms with van der Waals surface area (Å²) < 4.78 is 12.2. The van der Waals surface area contributed by atoms with Crippen molar-refractivity contribution in [3.8, 4) is 0 Å². The first-order chi connectivity index (χ1) is 9.19. The molecule has 1 aromatic heterocycles. The van der Waals surface area contributed by atoms with Crippen LogP contribution in [0.25, 0.3) is 0 Å². The van der Waals surface area contributed by atoms with Gasteiger partial charge in [0.2, 0.25) is 0 Å². The summed E-state index contributed by atoms with van der Waals surface area (Å²) in [5, 5.41) is 5.01. The Morgan fingerprint density at radius 2 is 2.05 bits per heavy atom. The van der Waals surface area contributed by atoms with Crippen LogP contribution in [0, 0.1) is 0 Å². The van der Waals surface area contributed by atoms with Crippen LogP contribution in [0.2, 0.25) is 0 Å². The van der Waals surface area contributed by atoms with Crippen molar-refractivity contribution in [1.82, 2.24) is 5.32 Å². The van der Waals surface area contributed by atoms with Crippen LogP contribution in [0.5, 0.6) is 0 Å². The van der Waals surface area contributed by atoms with Crippen LogP contribution in [0.15, 0.2) is 15.9 Å². The summed E-state index contributed by atoms with van der Waals surface area (Å²) in [5.41, 5.74) is 0. The van der Waals surface area contributed by atoms with Gasteiger partial charge in [0.1, 0.15) is 4.88 Å². The molecule has 2 aliphatic rings. The van der Waals surface area contributed by atoms with Gasteiger partial charge in [0, 0.05) is 23.4 Å². The SMILES string of the molecule is O=C(NC1CCC2(CC1)OCCO2)c1sccc1Br. The van der Waals surface area contributed by atoms with Crippen LogP contribution >= 0.6 is 27.3 Å². The van der Waals surface area contributed by atoms with E-state index in [1.807, 2.05) is 11.4 Å². The molecule has 19 heavy (non-hydrogen) atoms. The minimum atomic E-state index is -0.356. The largest absolute Gasteiger partial charge is 0.349 e. The number of rotatable bonds is 2. The zero-order valence-corrected chi connectivity index (χ0v) is 12.9. The Morgan fingerprint density at radius 1 is 1.37 bits per heavy atom. The van der Waals surface area contributed by atoms with Gasteiger partial charge >= 0.3 is 0 Å². The molecule has 0 radical (unpaired) electrons. The van der Waals surface area contributed by atoms with Crippen LogP contribution < -0.4 is 5.32 Å². The second-order valence-electron chi connectivity index (χ2n) is 4.95. The maximum absolute atomic E-state index is 12.1. The van der Waals surface area contributed by atoms with Gasteiger partial charge in [0.05, 0.1) is 13.2 Å². The van der Waals surface area contributed by atoms with Crippen LogP contribution in [0.3, 0.4) is 0 Å². The molecule has 2 heterocycles. The molecule has 3 rings (SSSR count).